The predicted octanol–water partition coefficient (Wildman–Crippen LogP) is 4.60. The Morgan fingerprint density at radius 3 is 2.77 bits per heavy atom. The van der Waals surface area contributed by atoms with Gasteiger partial charge in [0.2, 0.25) is 0 Å². The Kier molecular flexibility index (Phi) is 3.01. The molecule has 1 aromatic carbocycles. The van der Waals surface area contributed by atoms with E-state index in [1.54, 1.807) is 23.6 Å². The lowest BCUT2D eigenvalue weighted by molar-refractivity contribution is 0.627. The minimum absolute atomic E-state index is 0.274. The normalized spacial score (nSPS) is 11.2. The minimum atomic E-state index is -0.274. The predicted molar refractivity (Wildman–Crippen MR) is 86.9 cm³/mol. The number of thiophene rings is 1. The number of fused-ring (bicyclic) bond motifs is 1. The Morgan fingerprint density at radius 1 is 1.09 bits per heavy atom. The molecule has 4 aromatic rings. The maximum absolute atomic E-state index is 13.6. The lowest BCUT2D eigenvalue weighted by Gasteiger charge is -2.07. The van der Waals surface area contributed by atoms with Gasteiger partial charge in [0.05, 0.1) is 10.6 Å². The molecule has 0 atom stereocenters. The molecule has 0 saturated heterocycles. The summed E-state index contributed by atoms with van der Waals surface area (Å²) < 4.78 is 15.6. The molecule has 108 valence electrons. The van der Waals surface area contributed by atoms with E-state index in [9.17, 15) is 4.39 Å². The number of hydrogen-bond acceptors (Lipinski definition) is 3. The van der Waals surface area contributed by atoms with Gasteiger partial charge >= 0.3 is 0 Å². The van der Waals surface area contributed by atoms with Crippen molar-refractivity contribution in [2.75, 3.05) is 0 Å². The standard InChI is InChI=1S/C17H12FN3S/c1-11-7-8-15(22-11)17-20-14-6-3-9-19-16(14)21(17)13-5-2-4-12(18)10-13/h2-10H,1H3. The van der Waals surface area contributed by atoms with E-state index >= 15 is 0 Å². The number of aromatic nitrogens is 3. The van der Waals surface area contributed by atoms with Crippen LogP contribution < -0.4 is 0 Å². The second kappa shape index (κ2) is 5.03. The van der Waals surface area contributed by atoms with Crippen LogP contribution in [0.2, 0.25) is 0 Å². The number of hydrogen-bond donors (Lipinski definition) is 0. The number of aryl methyl sites for hydroxylation is 1. The molecule has 0 aliphatic rings. The summed E-state index contributed by atoms with van der Waals surface area (Å²) in [6, 6.07) is 14.4. The van der Waals surface area contributed by atoms with Gasteiger partial charge in [-0.05, 0) is 49.4 Å². The number of nitrogens with zero attached hydrogens (tertiary/aromatic N) is 3. The molecular weight excluding hydrogens is 297 g/mol. The fraction of sp³-hybridized carbons (Fsp3) is 0.0588. The summed E-state index contributed by atoms with van der Waals surface area (Å²) >= 11 is 1.66. The largest absolute Gasteiger partial charge is 0.276 e. The Balaban J connectivity index is 2.06. The smallest absolute Gasteiger partial charge is 0.164 e. The van der Waals surface area contributed by atoms with Crippen molar-refractivity contribution >= 4 is 22.5 Å². The maximum atomic E-state index is 13.6. The first-order valence-corrected chi connectivity index (χ1v) is 7.70. The summed E-state index contributed by atoms with van der Waals surface area (Å²) in [6.07, 6.45) is 1.73. The first kappa shape index (κ1) is 13.2. The highest BCUT2D eigenvalue weighted by atomic mass is 32.1. The molecule has 22 heavy (non-hydrogen) atoms. The van der Waals surface area contributed by atoms with Crippen molar-refractivity contribution in [3.8, 4) is 16.4 Å². The second-order valence-corrected chi connectivity index (χ2v) is 6.30. The fourth-order valence-corrected chi connectivity index (χ4v) is 3.34. The van der Waals surface area contributed by atoms with E-state index in [0.29, 0.717) is 0 Å². The molecule has 0 saturated carbocycles. The molecule has 3 heterocycles. The van der Waals surface area contributed by atoms with E-state index in [4.69, 9.17) is 4.98 Å². The Morgan fingerprint density at radius 2 is 2.00 bits per heavy atom. The van der Waals surface area contributed by atoms with Crippen molar-refractivity contribution in [1.29, 1.82) is 0 Å². The van der Waals surface area contributed by atoms with Crippen molar-refractivity contribution in [2.24, 2.45) is 0 Å². The van der Waals surface area contributed by atoms with Gasteiger partial charge in [-0.15, -0.1) is 11.3 Å². The molecule has 5 heteroatoms. The number of rotatable bonds is 2. The van der Waals surface area contributed by atoms with Gasteiger partial charge in [0.25, 0.3) is 0 Å². The van der Waals surface area contributed by atoms with Gasteiger partial charge in [0.15, 0.2) is 11.5 Å². The molecule has 0 radical (unpaired) electrons. The van der Waals surface area contributed by atoms with Gasteiger partial charge in [0, 0.05) is 11.1 Å². The summed E-state index contributed by atoms with van der Waals surface area (Å²) in [5, 5.41) is 0. The molecule has 4 rings (SSSR count). The van der Waals surface area contributed by atoms with Gasteiger partial charge < -0.3 is 0 Å². The molecule has 3 aromatic heterocycles. The lowest BCUT2D eigenvalue weighted by Crippen LogP contribution is -1.98. The highest BCUT2D eigenvalue weighted by Crippen LogP contribution is 2.32. The van der Waals surface area contributed by atoms with Crippen LogP contribution in [0.25, 0.3) is 27.6 Å². The van der Waals surface area contributed by atoms with E-state index < -0.39 is 0 Å². The topological polar surface area (TPSA) is 30.7 Å². The third-order valence-electron chi connectivity index (χ3n) is 3.44. The average molecular weight is 309 g/mol. The average Bonchev–Trinajstić information content (AvgIpc) is 3.10. The summed E-state index contributed by atoms with van der Waals surface area (Å²) in [6.45, 7) is 2.06. The lowest BCUT2D eigenvalue weighted by atomic mass is 10.3. The summed E-state index contributed by atoms with van der Waals surface area (Å²) in [4.78, 5) is 11.4. The Hall–Kier alpha value is -2.53. The number of benzene rings is 1. The Labute approximate surface area is 130 Å². The maximum Gasteiger partial charge on any atom is 0.164 e. The van der Waals surface area contributed by atoms with E-state index in [-0.39, 0.29) is 5.82 Å². The fourth-order valence-electron chi connectivity index (χ4n) is 2.49. The monoisotopic (exact) mass is 309 g/mol. The van der Waals surface area contributed by atoms with Crippen LogP contribution >= 0.6 is 11.3 Å². The van der Waals surface area contributed by atoms with Crippen molar-refractivity contribution in [2.45, 2.75) is 6.92 Å². The number of imidazole rings is 1. The molecule has 0 fully saturated rings. The first-order valence-electron chi connectivity index (χ1n) is 6.88. The molecule has 3 nitrogen and oxygen atoms in total. The third kappa shape index (κ3) is 2.10. The van der Waals surface area contributed by atoms with E-state index in [1.807, 2.05) is 28.8 Å². The van der Waals surface area contributed by atoms with Crippen LogP contribution in [0.1, 0.15) is 4.88 Å². The van der Waals surface area contributed by atoms with Crippen LogP contribution in [-0.4, -0.2) is 14.5 Å². The molecular formula is C17H12FN3S. The third-order valence-corrected chi connectivity index (χ3v) is 4.44. The zero-order chi connectivity index (χ0) is 15.1. The van der Waals surface area contributed by atoms with Gasteiger partial charge in [0.1, 0.15) is 11.3 Å². The molecule has 0 amide bonds. The van der Waals surface area contributed by atoms with E-state index in [2.05, 4.69) is 18.0 Å². The van der Waals surface area contributed by atoms with E-state index in [0.717, 1.165) is 27.6 Å². The second-order valence-electron chi connectivity index (χ2n) is 5.01. The van der Waals surface area contributed by atoms with Crippen molar-refractivity contribution in [3.63, 3.8) is 0 Å². The highest BCUT2D eigenvalue weighted by Gasteiger charge is 2.16. The van der Waals surface area contributed by atoms with Crippen LogP contribution in [-0.2, 0) is 0 Å². The van der Waals surface area contributed by atoms with Gasteiger partial charge in [-0.25, -0.2) is 14.4 Å². The van der Waals surface area contributed by atoms with E-state index in [1.165, 1.54) is 17.0 Å². The summed E-state index contributed by atoms with van der Waals surface area (Å²) in [7, 11) is 0. The quantitative estimate of drug-likeness (QED) is 0.542. The zero-order valence-electron chi connectivity index (χ0n) is 11.8. The van der Waals surface area contributed by atoms with Crippen LogP contribution in [0, 0.1) is 12.7 Å². The molecule has 0 bridgehead atoms. The van der Waals surface area contributed by atoms with Crippen molar-refractivity contribution in [3.05, 3.63) is 65.4 Å². The minimum Gasteiger partial charge on any atom is -0.276 e. The number of pyridine rings is 1. The summed E-state index contributed by atoms with van der Waals surface area (Å²) in [5.74, 6) is 0.515. The van der Waals surface area contributed by atoms with Crippen LogP contribution in [0.4, 0.5) is 4.39 Å². The molecule has 0 aliphatic heterocycles. The van der Waals surface area contributed by atoms with Crippen molar-refractivity contribution < 1.29 is 4.39 Å². The molecule has 0 spiro atoms. The molecule has 0 aliphatic carbocycles. The van der Waals surface area contributed by atoms with Crippen LogP contribution in [0.15, 0.2) is 54.7 Å². The molecule has 0 N–H and O–H groups in total. The Bertz CT molecular complexity index is 971. The van der Waals surface area contributed by atoms with Gasteiger partial charge in [-0.1, -0.05) is 6.07 Å². The van der Waals surface area contributed by atoms with Crippen LogP contribution in [0.3, 0.4) is 0 Å². The van der Waals surface area contributed by atoms with Crippen molar-refractivity contribution in [1.82, 2.24) is 14.5 Å². The van der Waals surface area contributed by atoms with Gasteiger partial charge in [-0.3, -0.25) is 4.57 Å². The zero-order valence-corrected chi connectivity index (χ0v) is 12.6. The SMILES string of the molecule is Cc1ccc(-c2nc3cccnc3n2-c2cccc(F)c2)s1. The van der Waals surface area contributed by atoms with Crippen LogP contribution in [0.5, 0.6) is 0 Å². The highest BCUT2D eigenvalue weighted by molar-refractivity contribution is 7.15. The number of halogens is 1. The first-order chi connectivity index (χ1) is 10.7. The molecule has 0 unspecified atom stereocenters. The summed E-state index contributed by atoms with van der Waals surface area (Å²) in [5.41, 5.74) is 2.25. The van der Waals surface area contributed by atoms with Gasteiger partial charge in [-0.2, -0.15) is 0 Å².